The number of hydrogen-bond donors (Lipinski definition) is 1. The summed E-state index contributed by atoms with van der Waals surface area (Å²) >= 11 is 0. The zero-order valence-electron chi connectivity index (χ0n) is 17.2. The van der Waals surface area contributed by atoms with Crippen LogP contribution in [0.2, 0.25) is 0 Å². The number of carbonyl (C=O) groups excluding carboxylic acids is 1. The molecule has 1 heterocycles. The molecular weight excluding hydrogens is 400 g/mol. The summed E-state index contributed by atoms with van der Waals surface area (Å²) in [5.74, 6) is 1.35. The maximum atomic E-state index is 12.8. The highest BCUT2D eigenvalue weighted by atomic mass is 32.2. The van der Waals surface area contributed by atoms with Gasteiger partial charge in [0.25, 0.3) is 5.91 Å². The molecule has 2 aromatic rings. The lowest BCUT2D eigenvalue weighted by atomic mass is 9.90. The van der Waals surface area contributed by atoms with E-state index < -0.39 is 10.0 Å². The second-order valence-electron chi connectivity index (χ2n) is 7.45. The molecule has 1 amide bonds. The largest absolute Gasteiger partial charge is 0.497 e. The standard InChI is InChI=1S/C23H28N2O4S/c1-3-14-24-30(27,28)22-10-6-20(7-11-22)23(26)25-15-12-19(13-16-25)17-18-4-8-21(29-2)9-5-18/h3-11,19,24H,1,12-17H2,2H3. The van der Waals surface area contributed by atoms with E-state index in [1.807, 2.05) is 17.0 Å². The number of likely N-dealkylation sites (tertiary alicyclic amines) is 1. The molecule has 0 aromatic heterocycles. The van der Waals surface area contributed by atoms with Crippen molar-refractivity contribution < 1.29 is 17.9 Å². The normalized spacial score (nSPS) is 15.0. The molecule has 30 heavy (non-hydrogen) atoms. The van der Waals surface area contributed by atoms with Crippen molar-refractivity contribution >= 4 is 15.9 Å². The van der Waals surface area contributed by atoms with Gasteiger partial charge in [-0.1, -0.05) is 18.2 Å². The number of rotatable bonds is 8. The second kappa shape index (κ2) is 9.91. The average molecular weight is 429 g/mol. The Kier molecular flexibility index (Phi) is 7.29. The third kappa shape index (κ3) is 5.49. The van der Waals surface area contributed by atoms with Gasteiger partial charge in [0.05, 0.1) is 12.0 Å². The monoisotopic (exact) mass is 428 g/mol. The Morgan fingerprint density at radius 2 is 1.77 bits per heavy atom. The van der Waals surface area contributed by atoms with Gasteiger partial charge in [0.1, 0.15) is 5.75 Å². The Morgan fingerprint density at radius 1 is 1.13 bits per heavy atom. The minimum Gasteiger partial charge on any atom is -0.497 e. The maximum absolute atomic E-state index is 12.8. The van der Waals surface area contributed by atoms with Crippen molar-refractivity contribution in [2.45, 2.75) is 24.2 Å². The van der Waals surface area contributed by atoms with Crippen LogP contribution < -0.4 is 9.46 Å². The van der Waals surface area contributed by atoms with Gasteiger partial charge in [0, 0.05) is 25.2 Å². The average Bonchev–Trinajstić information content (AvgIpc) is 2.78. The van der Waals surface area contributed by atoms with Crippen LogP contribution in [0.1, 0.15) is 28.8 Å². The molecule has 1 saturated heterocycles. The summed E-state index contributed by atoms with van der Waals surface area (Å²) in [6.07, 6.45) is 4.38. The number of sulfonamides is 1. The molecule has 0 radical (unpaired) electrons. The number of nitrogens with one attached hydrogen (secondary N) is 1. The lowest BCUT2D eigenvalue weighted by Crippen LogP contribution is -2.38. The van der Waals surface area contributed by atoms with Crippen LogP contribution >= 0.6 is 0 Å². The third-order valence-electron chi connectivity index (χ3n) is 5.41. The van der Waals surface area contributed by atoms with E-state index in [0.717, 1.165) is 25.0 Å². The maximum Gasteiger partial charge on any atom is 0.253 e. The van der Waals surface area contributed by atoms with Gasteiger partial charge in [-0.2, -0.15) is 0 Å². The Labute approximate surface area is 178 Å². The lowest BCUT2D eigenvalue weighted by Gasteiger charge is -2.32. The first-order valence-corrected chi connectivity index (χ1v) is 11.5. The van der Waals surface area contributed by atoms with Crippen LogP contribution in [0.15, 0.2) is 66.1 Å². The summed E-state index contributed by atoms with van der Waals surface area (Å²) in [5.41, 5.74) is 1.79. The molecule has 1 aliphatic heterocycles. The van der Waals surface area contributed by atoms with E-state index in [1.54, 1.807) is 19.2 Å². The van der Waals surface area contributed by atoms with Gasteiger partial charge in [-0.25, -0.2) is 13.1 Å². The Morgan fingerprint density at radius 3 is 2.33 bits per heavy atom. The first-order chi connectivity index (χ1) is 14.4. The van der Waals surface area contributed by atoms with Crippen molar-refractivity contribution in [1.29, 1.82) is 0 Å². The smallest absolute Gasteiger partial charge is 0.253 e. The highest BCUT2D eigenvalue weighted by molar-refractivity contribution is 7.89. The predicted octanol–water partition coefficient (Wildman–Crippen LogP) is 3.25. The Hall–Kier alpha value is -2.64. The first kappa shape index (κ1) is 22.1. The van der Waals surface area contributed by atoms with Crippen molar-refractivity contribution in [2.75, 3.05) is 26.7 Å². The number of methoxy groups -OCH3 is 1. The molecule has 1 aliphatic rings. The second-order valence-corrected chi connectivity index (χ2v) is 9.22. The minimum absolute atomic E-state index is 0.0547. The van der Waals surface area contributed by atoms with E-state index in [2.05, 4.69) is 23.4 Å². The topological polar surface area (TPSA) is 75.7 Å². The van der Waals surface area contributed by atoms with Crippen LogP contribution in [0, 0.1) is 5.92 Å². The molecular formula is C23H28N2O4S. The van der Waals surface area contributed by atoms with Crippen molar-refractivity contribution in [2.24, 2.45) is 5.92 Å². The molecule has 7 heteroatoms. The van der Waals surface area contributed by atoms with E-state index in [9.17, 15) is 13.2 Å². The fourth-order valence-corrected chi connectivity index (χ4v) is 4.64. The van der Waals surface area contributed by atoms with E-state index in [1.165, 1.54) is 23.8 Å². The molecule has 2 aromatic carbocycles. The molecule has 0 aliphatic carbocycles. The summed E-state index contributed by atoms with van der Waals surface area (Å²) in [6, 6.07) is 14.2. The number of carbonyl (C=O) groups is 1. The molecule has 6 nitrogen and oxygen atoms in total. The quantitative estimate of drug-likeness (QED) is 0.655. The first-order valence-electron chi connectivity index (χ1n) is 10.1. The number of amides is 1. The molecule has 1 fully saturated rings. The summed E-state index contributed by atoms with van der Waals surface area (Å²) in [5, 5.41) is 0. The fourth-order valence-electron chi connectivity index (χ4n) is 3.65. The molecule has 0 unspecified atom stereocenters. The van der Waals surface area contributed by atoms with Crippen LogP contribution in [-0.4, -0.2) is 46.0 Å². The highest BCUT2D eigenvalue weighted by Gasteiger charge is 2.24. The zero-order valence-corrected chi connectivity index (χ0v) is 18.0. The van der Waals surface area contributed by atoms with E-state index in [-0.39, 0.29) is 17.3 Å². The highest BCUT2D eigenvalue weighted by Crippen LogP contribution is 2.24. The number of hydrogen-bond acceptors (Lipinski definition) is 4. The van der Waals surface area contributed by atoms with Crippen molar-refractivity contribution in [3.63, 3.8) is 0 Å². The molecule has 160 valence electrons. The van der Waals surface area contributed by atoms with Gasteiger partial charge < -0.3 is 9.64 Å². The Bertz CT molecular complexity index is 961. The van der Waals surface area contributed by atoms with E-state index in [4.69, 9.17) is 4.74 Å². The van der Waals surface area contributed by atoms with Gasteiger partial charge >= 0.3 is 0 Å². The number of ether oxygens (including phenoxy) is 1. The SMILES string of the molecule is C=CCNS(=O)(=O)c1ccc(C(=O)N2CCC(Cc3ccc(OC)cc3)CC2)cc1. The lowest BCUT2D eigenvalue weighted by molar-refractivity contribution is 0.0690. The zero-order chi connectivity index (χ0) is 21.6. The number of piperidine rings is 1. The molecule has 3 rings (SSSR count). The summed E-state index contributed by atoms with van der Waals surface area (Å²) < 4.78 is 31.9. The van der Waals surface area contributed by atoms with Crippen molar-refractivity contribution in [1.82, 2.24) is 9.62 Å². The van der Waals surface area contributed by atoms with Crippen LogP contribution in [0.4, 0.5) is 0 Å². The van der Waals surface area contributed by atoms with Crippen LogP contribution in [-0.2, 0) is 16.4 Å². The molecule has 0 spiro atoms. The fraction of sp³-hybridized carbons (Fsp3) is 0.348. The van der Waals surface area contributed by atoms with Gasteiger partial charge in [-0.15, -0.1) is 6.58 Å². The van der Waals surface area contributed by atoms with Gasteiger partial charge in [-0.05, 0) is 67.1 Å². The third-order valence-corrected chi connectivity index (χ3v) is 6.85. The van der Waals surface area contributed by atoms with Crippen LogP contribution in [0.25, 0.3) is 0 Å². The molecule has 0 atom stereocenters. The van der Waals surface area contributed by atoms with E-state index >= 15 is 0 Å². The van der Waals surface area contributed by atoms with Gasteiger partial charge in [0.2, 0.25) is 10.0 Å². The van der Waals surface area contributed by atoms with Crippen molar-refractivity contribution in [3.05, 3.63) is 72.3 Å². The number of benzene rings is 2. The summed E-state index contributed by atoms with van der Waals surface area (Å²) in [4.78, 5) is 14.8. The van der Waals surface area contributed by atoms with Gasteiger partial charge in [-0.3, -0.25) is 4.79 Å². The molecule has 1 N–H and O–H groups in total. The van der Waals surface area contributed by atoms with Gasteiger partial charge in [0.15, 0.2) is 0 Å². The molecule has 0 bridgehead atoms. The minimum atomic E-state index is -3.59. The summed E-state index contributed by atoms with van der Waals surface area (Å²) in [6.45, 7) is 5.08. The van der Waals surface area contributed by atoms with Crippen LogP contribution in [0.3, 0.4) is 0 Å². The number of nitrogens with zero attached hydrogens (tertiary/aromatic N) is 1. The van der Waals surface area contributed by atoms with Crippen molar-refractivity contribution in [3.8, 4) is 5.75 Å². The van der Waals surface area contributed by atoms with Crippen LogP contribution in [0.5, 0.6) is 5.75 Å². The Balaban J connectivity index is 1.55. The molecule has 0 saturated carbocycles. The predicted molar refractivity (Wildman–Crippen MR) is 117 cm³/mol. The summed E-state index contributed by atoms with van der Waals surface area (Å²) in [7, 11) is -1.92. The van der Waals surface area contributed by atoms with E-state index in [0.29, 0.717) is 24.6 Å².